The summed E-state index contributed by atoms with van der Waals surface area (Å²) in [5, 5.41) is 3.41. The highest BCUT2D eigenvalue weighted by atomic mass is 16.5. The van der Waals surface area contributed by atoms with E-state index in [1.807, 2.05) is 0 Å². The SMILES string of the molecule is COCC(C)(C)N1CCCNCC1. The number of hydrogen-bond acceptors (Lipinski definition) is 3. The van der Waals surface area contributed by atoms with Crippen molar-refractivity contribution in [3.05, 3.63) is 0 Å². The molecule has 13 heavy (non-hydrogen) atoms. The standard InChI is InChI=1S/C10H22N2O/c1-10(2,9-13-3)12-7-4-5-11-6-8-12/h11H,4-9H2,1-3H3. The number of nitrogens with one attached hydrogen (secondary N) is 1. The van der Waals surface area contributed by atoms with Crippen LogP contribution in [-0.4, -0.2) is 50.3 Å². The monoisotopic (exact) mass is 186 g/mol. The molecule has 78 valence electrons. The van der Waals surface area contributed by atoms with Gasteiger partial charge in [0.1, 0.15) is 0 Å². The molecule has 1 aliphatic rings. The normalized spacial score (nSPS) is 21.5. The Bertz CT molecular complexity index is 140. The Kier molecular flexibility index (Phi) is 4.16. The fourth-order valence-electron chi connectivity index (χ4n) is 1.90. The molecule has 0 amide bonds. The average Bonchev–Trinajstić information content (AvgIpc) is 2.31. The van der Waals surface area contributed by atoms with Crippen molar-refractivity contribution in [2.24, 2.45) is 0 Å². The van der Waals surface area contributed by atoms with E-state index in [2.05, 4.69) is 24.1 Å². The lowest BCUT2D eigenvalue weighted by Gasteiger charge is -2.37. The highest BCUT2D eigenvalue weighted by molar-refractivity contribution is 4.83. The lowest BCUT2D eigenvalue weighted by molar-refractivity contribution is 0.0377. The maximum absolute atomic E-state index is 5.24. The summed E-state index contributed by atoms with van der Waals surface area (Å²) >= 11 is 0. The number of hydrogen-bond donors (Lipinski definition) is 1. The van der Waals surface area contributed by atoms with Gasteiger partial charge in [0.2, 0.25) is 0 Å². The molecular formula is C10H22N2O. The molecule has 0 radical (unpaired) electrons. The first-order chi connectivity index (χ1) is 6.17. The lowest BCUT2D eigenvalue weighted by atomic mass is 10.0. The summed E-state index contributed by atoms with van der Waals surface area (Å²) in [7, 11) is 1.78. The second-order valence-electron chi connectivity index (χ2n) is 4.34. The van der Waals surface area contributed by atoms with Crippen LogP contribution in [0.2, 0.25) is 0 Å². The molecule has 0 aromatic heterocycles. The van der Waals surface area contributed by atoms with Gasteiger partial charge in [-0.05, 0) is 26.8 Å². The zero-order chi connectivity index (χ0) is 9.73. The lowest BCUT2D eigenvalue weighted by Crippen LogP contribution is -2.48. The Hall–Kier alpha value is -0.120. The molecule has 1 N–H and O–H groups in total. The predicted octanol–water partition coefficient (Wildman–Crippen LogP) is 0.707. The van der Waals surface area contributed by atoms with Crippen molar-refractivity contribution in [3.8, 4) is 0 Å². The molecule has 3 nitrogen and oxygen atoms in total. The van der Waals surface area contributed by atoms with Crippen molar-refractivity contribution in [2.75, 3.05) is 39.9 Å². The van der Waals surface area contributed by atoms with Gasteiger partial charge in [-0.3, -0.25) is 4.90 Å². The first kappa shape index (κ1) is 11.0. The van der Waals surface area contributed by atoms with Gasteiger partial charge in [-0.25, -0.2) is 0 Å². The minimum Gasteiger partial charge on any atom is -0.383 e. The van der Waals surface area contributed by atoms with Crippen LogP contribution in [0.4, 0.5) is 0 Å². The predicted molar refractivity (Wildman–Crippen MR) is 55.0 cm³/mol. The van der Waals surface area contributed by atoms with E-state index in [4.69, 9.17) is 4.74 Å². The summed E-state index contributed by atoms with van der Waals surface area (Å²) < 4.78 is 5.24. The summed E-state index contributed by atoms with van der Waals surface area (Å²) in [6.45, 7) is 9.89. The first-order valence-electron chi connectivity index (χ1n) is 5.11. The van der Waals surface area contributed by atoms with E-state index in [0.717, 1.165) is 26.2 Å². The van der Waals surface area contributed by atoms with Gasteiger partial charge in [0, 0.05) is 32.3 Å². The van der Waals surface area contributed by atoms with Crippen LogP contribution in [0.1, 0.15) is 20.3 Å². The van der Waals surface area contributed by atoms with Crippen molar-refractivity contribution in [1.29, 1.82) is 0 Å². The maximum Gasteiger partial charge on any atom is 0.0641 e. The highest BCUT2D eigenvalue weighted by Crippen LogP contribution is 2.15. The van der Waals surface area contributed by atoms with Crippen LogP contribution >= 0.6 is 0 Å². The van der Waals surface area contributed by atoms with Crippen molar-refractivity contribution in [3.63, 3.8) is 0 Å². The smallest absolute Gasteiger partial charge is 0.0641 e. The maximum atomic E-state index is 5.24. The van der Waals surface area contributed by atoms with Crippen LogP contribution in [-0.2, 0) is 4.74 Å². The van der Waals surface area contributed by atoms with E-state index in [0.29, 0.717) is 0 Å². The molecule has 0 aliphatic carbocycles. The molecule has 0 aromatic rings. The third kappa shape index (κ3) is 3.25. The quantitative estimate of drug-likeness (QED) is 0.702. The third-order valence-electron chi connectivity index (χ3n) is 2.69. The highest BCUT2D eigenvalue weighted by Gasteiger charge is 2.26. The molecule has 1 heterocycles. The van der Waals surface area contributed by atoms with Crippen LogP contribution in [0.25, 0.3) is 0 Å². The minimum absolute atomic E-state index is 0.181. The van der Waals surface area contributed by atoms with Crippen LogP contribution in [0.5, 0.6) is 0 Å². The van der Waals surface area contributed by atoms with E-state index in [1.165, 1.54) is 13.0 Å². The Morgan fingerprint density at radius 3 is 2.77 bits per heavy atom. The number of methoxy groups -OCH3 is 1. The van der Waals surface area contributed by atoms with Gasteiger partial charge in [-0.2, -0.15) is 0 Å². The molecule has 1 fully saturated rings. The van der Waals surface area contributed by atoms with E-state index in [1.54, 1.807) is 7.11 Å². The van der Waals surface area contributed by atoms with Gasteiger partial charge in [0.15, 0.2) is 0 Å². The van der Waals surface area contributed by atoms with Gasteiger partial charge in [-0.1, -0.05) is 0 Å². The van der Waals surface area contributed by atoms with Crippen molar-refractivity contribution in [2.45, 2.75) is 25.8 Å². The molecule has 1 saturated heterocycles. The van der Waals surface area contributed by atoms with Gasteiger partial charge in [-0.15, -0.1) is 0 Å². The molecule has 0 aromatic carbocycles. The van der Waals surface area contributed by atoms with Gasteiger partial charge >= 0.3 is 0 Å². The molecule has 0 bridgehead atoms. The van der Waals surface area contributed by atoms with E-state index in [-0.39, 0.29) is 5.54 Å². The van der Waals surface area contributed by atoms with Gasteiger partial charge in [0.05, 0.1) is 6.61 Å². The Morgan fingerprint density at radius 1 is 1.31 bits per heavy atom. The van der Waals surface area contributed by atoms with E-state index < -0.39 is 0 Å². The largest absolute Gasteiger partial charge is 0.383 e. The van der Waals surface area contributed by atoms with Crippen LogP contribution < -0.4 is 5.32 Å². The Labute approximate surface area is 81.4 Å². The van der Waals surface area contributed by atoms with Crippen LogP contribution in [0.15, 0.2) is 0 Å². The van der Waals surface area contributed by atoms with Gasteiger partial charge in [0.25, 0.3) is 0 Å². The first-order valence-corrected chi connectivity index (χ1v) is 5.11. The summed E-state index contributed by atoms with van der Waals surface area (Å²) in [4.78, 5) is 2.51. The van der Waals surface area contributed by atoms with Gasteiger partial charge < -0.3 is 10.1 Å². The molecule has 1 aliphatic heterocycles. The number of ether oxygens (including phenoxy) is 1. The average molecular weight is 186 g/mol. The van der Waals surface area contributed by atoms with Crippen LogP contribution in [0, 0.1) is 0 Å². The summed E-state index contributed by atoms with van der Waals surface area (Å²) in [6, 6.07) is 0. The summed E-state index contributed by atoms with van der Waals surface area (Å²) in [6.07, 6.45) is 1.24. The Balaban J connectivity index is 2.46. The molecule has 0 atom stereocenters. The molecule has 3 heteroatoms. The minimum atomic E-state index is 0.181. The van der Waals surface area contributed by atoms with E-state index in [9.17, 15) is 0 Å². The molecular weight excluding hydrogens is 164 g/mol. The second-order valence-corrected chi connectivity index (χ2v) is 4.34. The number of nitrogens with zero attached hydrogens (tertiary/aromatic N) is 1. The number of rotatable bonds is 3. The zero-order valence-electron chi connectivity index (χ0n) is 9.10. The Morgan fingerprint density at radius 2 is 2.08 bits per heavy atom. The van der Waals surface area contributed by atoms with Crippen molar-refractivity contribution >= 4 is 0 Å². The topological polar surface area (TPSA) is 24.5 Å². The van der Waals surface area contributed by atoms with E-state index >= 15 is 0 Å². The van der Waals surface area contributed by atoms with Crippen molar-refractivity contribution < 1.29 is 4.74 Å². The third-order valence-corrected chi connectivity index (χ3v) is 2.69. The molecule has 1 rings (SSSR count). The fraction of sp³-hybridized carbons (Fsp3) is 1.00. The van der Waals surface area contributed by atoms with Crippen LogP contribution in [0.3, 0.4) is 0 Å². The molecule has 0 unspecified atom stereocenters. The summed E-state index contributed by atoms with van der Waals surface area (Å²) in [5.74, 6) is 0. The summed E-state index contributed by atoms with van der Waals surface area (Å²) in [5.41, 5.74) is 0.181. The van der Waals surface area contributed by atoms with Crippen molar-refractivity contribution in [1.82, 2.24) is 10.2 Å². The second kappa shape index (κ2) is 4.94. The zero-order valence-corrected chi connectivity index (χ0v) is 9.10. The molecule has 0 spiro atoms. The molecule has 0 saturated carbocycles. The fourth-order valence-corrected chi connectivity index (χ4v) is 1.90.